The Morgan fingerprint density at radius 2 is 1.72 bits per heavy atom. The summed E-state index contributed by atoms with van der Waals surface area (Å²) >= 11 is 0. The minimum Gasteiger partial charge on any atom is -0.744 e. The maximum absolute atomic E-state index is 11.2. The lowest BCUT2D eigenvalue weighted by Gasteiger charge is -2.07. The monoisotopic (exact) mass is 270 g/mol. The van der Waals surface area contributed by atoms with E-state index in [0.717, 1.165) is 18.2 Å². The van der Waals surface area contributed by atoms with Gasteiger partial charge in [-0.15, -0.1) is 0 Å². The van der Waals surface area contributed by atoms with Gasteiger partial charge in [0.05, 0.1) is 4.90 Å². The molecule has 0 unspecified atom stereocenters. The highest BCUT2D eigenvalue weighted by molar-refractivity contribution is 7.85. The molecule has 0 saturated carbocycles. The number of nitrogens with one attached hydrogen (secondary N) is 1. The van der Waals surface area contributed by atoms with Gasteiger partial charge >= 0.3 is 5.97 Å². The second kappa shape index (κ2) is 5.43. The van der Waals surface area contributed by atoms with Gasteiger partial charge in [0.2, 0.25) is 5.91 Å². The second-order valence-electron chi connectivity index (χ2n) is 3.14. The Labute approximate surface area is 102 Å². The number of hydrogen-bond donors (Lipinski definition) is 2. The molecule has 96 valence electrons. The fourth-order valence-electron chi connectivity index (χ4n) is 1.04. The first-order valence-corrected chi connectivity index (χ1v) is 5.98. The molecule has 1 rings (SSSR count). The van der Waals surface area contributed by atoms with E-state index in [2.05, 4.69) is 5.32 Å². The first-order chi connectivity index (χ1) is 8.29. The number of carbonyl (C=O) groups excluding carboxylic acids is 1. The van der Waals surface area contributed by atoms with E-state index < -0.39 is 26.9 Å². The van der Waals surface area contributed by atoms with Crippen LogP contribution < -0.4 is 5.32 Å². The number of anilines is 1. The lowest BCUT2D eigenvalue weighted by atomic mass is 10.3. The van der Waals surface area contributed by atoms with E-state index in [4.69, 9.17) is 5.11 Å². The lowest BCUT2D eigenvalue weighted by Crippen LogP contribution is -2.09. The van der Waals surface area contributed by atoms with Crippen molar-refractivity contribution in [2.24, 2.45) is 0 Å². The molecule has 0 aliphatic heterocycles. The average molecular weight is 270 g/mol. The van der Waals surface area contributed by atoms with E-state index >= 15 is 0 Å². The fraction of sp³-hybridized carbons (Fsp3) is 0. The molecule has 0 aliphatic rings. The average Bonchev–Trinajstić information content (AvgIpc) is 2.26. The molecule has 1 amide bonds. The molecule has 0 heterocycles. The molecular formula is C10H8NO6S-. The number of carboxylic acid groups (broad SMARTS) is 1. The van der Waals surface area contributed by atoms with Crippen LogP contribution in [0, 0.1) is 0 Å². The molecule has 0 radical (unpaired) electrons. The highest BCUT2D eigenvalue weighted by Gasteiger charge is 2.02. The largest absolute Gasteiger partial charge is 0.744 e. The molecule has 2 N–H and O–H groups in total. The predicted octanol–water partition coefficient (Wildman–Crippen LogP) is 0.170. The highest BCUT2D eigenvalue weighted by Crippen LogP contribution is 2.13. The molecule has 0 aliphatic carbocycles. The smallest absolute Gasteiger partial charge is 0.328 e. The number of benzene rings is 1. The van der Waals surface area contributed by atoms with Crippen LogP contribution >= 0.6 is 0 Å². The van der Waals surface area contributed by atoms with Gasteiger partial charge in [-0.25, -0.2) is 13.2 Å². The van der Waals surface area contributed by atoms with Gasteiger partial charge in [0.1, 0.15) is 10.1 Å². The van der Waals surface area contributed by atoms with Gasteiger partial charge in [0.15, 0.2) is 0 Å². The number of rotatable bonds is 4. The Morgan fingerprint density at radius 3 is 2.17 bits per heavy atom. The minimum absolute atomic E-state index is 0.238. The summed E-state index contributed by atoms with van der Waals surface area (Å²) in [5, 5.41) is 10.6. The lowest BCUT2D eigenvalue weighted by molar-refractivity contribution is -0.131. The third kappa shape index (κ3) is 4.36. The van der Waals surface area contributed by atoms with Gasteiger partial charge < -0.3 is 15.0 Å². The van der Waals surface area contributed by atoms with Crippen molar-refractivity contribution in [1.82, 2.24) is 0 Å². The number of carbonyl (C=O) groups is 2. The molecule has 7 nitrogen and oxygen atoms in total. The van der Waals surface area contributed by atoms with Gasteiger partial charge in [-0.05, 0) is 24.3 Å². The molecule has 1 aromatic rings. The molecular weight excluding hydrogens is 262 g/mol. The summed E-state index contributed by atoms with van der Waals surface area (Å²) in [5.74, 6) is -1.95. The molecule has 0 fully saturated rings. The summed E-state index contributed by atoms with van der Waals surface area (Å²) in [6, 6.07) is 4.52. The standard InChI is InChI=1S/C10H9NO6S/c12-9(5-6-10(13)14)11-7-1-3-8(4-2-7)18(15,16)17/h1-6H,(H,11,12)(H,13,14)(H,15,16,17)/p-1/b6-5+. The van der Waals surface area contributed by atoms with Gasteiger partial charge in [-0.1, -0.05) is 0 Å². The van der Waals surface area contributed by atoms with E-state index in [-0.39, 0.29) is 5.69 Å². The zero-order valence-corrected chi connectivity index (χ0v) is 9.68. The molecule has 0 bridgehead atoms. The normalized spacial score (nSPS) is 11.4. The summed E-state index contributed by atoms with van der Waals surface area (Å²) in [6.07, 6.45) is 1.46. The molecule has 0 spiro atoms. The molecule has 0 saturated heterocycles. The van der Waals surface area contributed by atoms with E-state index in [1.54, 1.807) is 0 Å². The number of carboxylic acids is 1. The van der Waals surface area contributed by atoms with Crippen LogP contribution in [0.3, 0.4) is 0 Å². The van der Waals surface area contributed by atoms with Crippen LogP contribution in [0.1, 0.15) is 0 Å². The van der Waals surface area contributed by atoms with Crippen molar-refractivity contribution in [1.29, 1.82) is 0 Å². The van der Waals surface area contributed by atoms with Gasteiger partial charge in [-0.3, -0.25) is 4.79 Å². The van der Waals surface area contributed by atoms with Crippen LogP contribution in [0.5, 0.6) is 0 Å². The van der Waals surface area contributed by atoms with E-state index in [1.807, 2.05) is 0 Å². The quantitative estimate of drug-likeness (QED) is 0.593. The third-order valence-corrected chi connectivity index (χ3v) is 2.64. The summed E-state index contributed by atoms with van der Waals surface area (Å²) in [4.78, 5) is 20.9. The van der Waals surface area contributed by atoms with Crippen molar-refractivity contribution >= 4 is 27.7 Å². The minimum atomic E-state index is -4.52. The molecule has 8 heteroatoms. The van der Waals surface area contributed by atoms with Crippen LogP contribution in [-0.2, 0) is 19.7 Å². The Bertz CT molecular complexity index is 587. The summed E-state index contributed by atoms with van der Waals surface area (Å²) in [5.41, 5.74) is 0.238. The Hall–Kier alpha value is -2.19. The van der Waals surface area contributed by atoms with Crippen LogP contribution in [0.2, 0.25) is 0 Å². The first kappa shape index (κ1) is 13.9. The Morgan fingerprint density at radius 1 is 1.17 bits per heavy atom. The maximum atomic E-state index is 11.2. The van der Waals surface area contributed by atoms with Crippen molar-refractivity contribution in [2.75, 3.05) is 5.32 Å². The predicted molar refractivity (Wildman–Crippen MR) is 59.8 cm³/mol. The number of aliphatic carboxylic acids is 1. The van der Waals surface area contributed by atoms with Gasteiger partial charge in [-0.2, -0.15) is 0 Å². The molecule has 18 heavy (non-hydrogen) atoms. The van der Waals surface area contributed by atoms with E-state index in [9.17, 15) is 22.6 Å². The Kier molecular flexibility index (Phi) is 4.18. The molecule has 0 aromatic heterocycles. The van der Waals surface area contributed by atoms with Crippen molar-refractivity contribution in [3.63, 3.8) is 0 Å². The van der Waals surface area contributed by atoms with Crippen LogP contribution in [0.4, 0.5) is 5.69 Å². The van der Waals surface area contributed by atoms with E-state index in [0.29, 0.717) is 6.08 Å². The zero-order chi connectivity index (χ0) is 13.8. The second-order valence-corrected chi connectivity index (χ2v) is 4.52. The van der Waals surface area contributed by atoms with E-state index in [1.165, 1.54) is 12.1 Å². The number of hydrogen-bond acceptors (Lipinski definition) is 5. The Balaban J connectivity index is 2.76. The van der Waals surface area contributed by atoms with Gasteiger partial charge in [0.25, 0.3) is 0 Å². The maximum Gasteiger partial charge on any atom is 0.328 e. The molecule has 0 atom stereocenters. The summed E-state index contributed by atoms with van der Waals surface area (Å²) in [7, 11) is -4.52. The number of amides is 1. The third-order valence-electron chi connectivity index (χ3n) is 1.79. The van der Waals surface area contributed by atoms with Crippen LogP contribution in [0.15, 0.2) is 41.3 Å². The summed E-state index contributed by atoms with van der Waals surface area (Å²) < 4.78 is 31.9. The SMILES string of the molecule is O=C(O)/C=C/C(=O)Nc1ccc(S(=O)(=O)[O-])cc1. The van der Waals surface area contributed by atoms with Crippen molar-refractivity contribution in [3.8, 4) is 0 Å². The zero-order valence-electron chi connectivity index (χ0n) is 8.86. The molecule has 1 aromatic carbocycles. The fourth-order valence-corrected chi connectivity index (χ4v) is 1.51. The summed E-state index contributed by atoms with van der Waals surface area (Å²) in [6.45, 7) is 0. The van der Waals surface area contributed by atoms with Crippen LogP contribution in [-0.4, -0.2) is 30.0 Å². The van der Waals surface area contributed by atoms with Crippen molar-refractivity contribution < 1.29 is 27.7 Å². The first-order valence-electron chi connectivity index (χ1n) is 4.57. The van der Waals surface area contributed by atoms with Crippen molar-refractivity contribution in [3.05, 3.63) is 36.4 Å². The topological polar surface area (TPSA) is 124 Å². The van der Waals surface area contributed by atoms with Gasteiger partial charge in [0, 0.05) is 17.8 Å². The van der Waals surface area contributed by atoms with Crippen molar-refractivity contribution in [2.45, 2.75) is 4.90 Å². The highest BCUT2D eigenvalue weighted by atomic mass is 32.2. The van der Waals surface area contributed by atoms with Crippen LogP contribution in [0.25, 0.3) is 0 Å².